The van der Waals surface area contributed by atoms with Gasteiger partial charge in [0.15, 0.2) is 0 Å². The maximum absolute atomic E-state index is 12.4. The van der Waals surface area contributed by atoms with Crippen LogP contribution in [-0.2, 0) is 11.3 Å². The SMILES string of the molecule is CC(=O)Nc1cccc(CNC(=O)c2ccc(NC(=O)c3cc(Cl)cc(Cl)c3)cc2)c1. The normalized spacial score (nSPS) is 10.3. The van der Waals surface area contributed by atoms with Crippen LogP contribution in [0, 0.1) is 0 Å². The number of halogens is 2. The Kier molecular flexibility index (Phi) is 7.28. The van der Waals surface area contributed by atoms with Crippen LogP contribution in [0.15, 0.2) is 66.7 Å². The molecule has 3 rings (SSSR count). The molecule has 0 saturated carbocycles. The molecule has 0 unspecified atom stereocenters. The lowest BCUT2D eigenvalue weighted by molar-refractivity contribution is -0.114. The van der Waals surface area contributed by atoms with E-state index >= 15 is 0 Å². The molecule has 0 atom stereocenters. The molecule has 0 aliphatic heterocycles. The lowest BCUT2D eigenvalue weighted by atomic mass is 10.1. The minimum Gasteiger partial charge on any atom is -0.348 e. The summed E-state index contributed by atoms with van der Waals surface area (Å²) in [6, 6.07) is 18.3. The highest BCUT2D eigenvalue weighted by atomic mass is 35.5. The molecular weight excluding hydrogens is 437 g/mol. The zero-order valence-corrected chi connectivity index (χ0v) is 18.1. The van der Waals surface area contributed by atoms with Crippen molar-refractivity contribution in [3.63, 3.8) is 0 Å². The Bertz CT molecular complexity index is 1110. The molecule has 0 heterocycles. The molecule has 0 saturated heterocycles. The molecule has 3 aromatic carbocycles. The van der Waals surface area contributed by atoms with Gasteiger partial charge in [-0.3, -0.25) is 14.4 Å². The predicted octanol–water partition coefficient (Wildman–Crippen LogP) is 5.13. The number of carbonyl (C=O) groups is 3. The van der Waals surface area contributed by atoms with Crippen molar-refractivity contribution in [2.75, 3.05) is 10.6 Å². The second kappa shape index (κ2) is 10.1. The van der Waals surface area contributed by atoms with E-state index in [1.165, 1.54) is 19.1 Å². The Labute approximate surface area is 189 Å². The molecule has 6 nitrogen and oxygen atoms in total. The summed E-state index contributed by atoms with van der Waals surface area (Å²) in [5.74, 6) is -0.781. The Hall–Kier alpha value is -3.35. The summed E-state index contributed by atoms with van der Waals surface area (Å²) in [5.41, 5.74) is 2.83. The largest absolute Gasteiger partial charge is 0.348 e. The summed E-state index contributed by atoms with van der Waals surface area (Å²) in [7, 11) is 0. The average Bonchev–Trinajstić information content (AvgIpc) is 2.71. The van der Waals surface area contributed by atoms with Gasteiger partial charge in [-0.2, -0.15) is 0 Å². The van der Waals surface area contributed by atoms with E-state index in [1.807, 2.05) is 6.07 Å². The Morgan fingerprint density at radius 1 is 0.742 bits per heavy atom. The van der Waals surface area contributed by atoms with Crippen molar-refractivity contribution in [2.45, 2.75) is 13.5 Å². The fraction of sp³-hybridized carbons (Fsp3) is 0.0870. The first-order chi connectivity index (χ1) is 14.8. The van der Waals surface area contributed by atoms with E-state index in [2.05, 4.69) is 16.0 Å². The van der Waals surface area contributed by atoms with Crippen LogP contribution in [0.1, 0.15) is 33.2 Å². The molecule has 0 radical (unpaired) electrons. The summed E-state index contributed by atoms with van der Waals surface area (Å²) in [4.78, 5) is 35.9. The molecule has 31 heavy (non-hydrogen) atoms. The maximum atomic E-state index is 12.4. The van der Waals surface area contributed by atoms with E-state index in [4.69, 9.17) is 23.2 Å². The number of carbonyl (C=O) groups excluding carboxylic acids is 3. The summed E-state index contributed by atoms with van der Waals surface area (Å²) >= 11 is 11.9. The molecule has 0 aromatic heterocycles. The third-order valence-electron chi connectivity index (χ3n) is 4.23. The van der Waals surface area contributed by atoms with E-state index in [1.54, 1.807) is 48.5 Å². The van der Waals surface area contributed by atoms with E-state index in [9.17, 15) is 14.4 Å². The van der Waals surface area contributed by atoms with Crippen LogP contribution < -0.4 is 16.0 Å². The van der Waals surface area contributed by atoms with Gasteiger partial charge in [0.05, 0.1) is 0 Å². The Morgan fingerprint density at radius 3 is 2.06 bits per heavy atom. The van der Waals surface area contributed by atoms with Gasteiger partial charge in [-0.25, -0.2) is 0 Å². The zero-order valence-electron chi connectivity index (χ0n) is 16.5. The Morgan fingerprint density at radius 2 is 1.42 bits per heavy atom. The van der Waals surface area contributed by atoms with Gasteiger partial charge in [0.2, 0.25) is 5.91 Å². The van der Waals surface area contributed by atoms with Gasteiger partial charge in [-0.1, -0.05) is 35.3 Å². The van der Waals surface area contributed by atoms with Crippen LogP contribution >= 0.6 is 23.2 Å². The summed E-state index contributed by atoms with van der Waals surface area (Å²) in [6.45, 7) is 1.74. The molecule has 3 amide bonds. The van der Waals surface area contributed by atoms with Gasteiger partial charge in [0.25, 0.3) is 11.8 Å². The topological polar surface area (TPSA) is 87.3 Å². The minimum atomic E-state index is -0.361. The lowest BCUT2D eigenvalue weighted by Crippen LogP contribution is -2.23. The van der Waals surface area contributed by atoms with Crippen LogP contribution in [-0.4, -0.2) is 17.7 Å². The molecule has 3 aromatic rings. The third kappa shape index (κ3) is 6.57. The van der Waals surface area contributed by atoms with Gasteiger partial charge < -0.3 is 16.0 Å². The van der Waals surface area contributed by atoms with Crippen LogP contribution in [0.3, 0.4) is 0 Å². The van der Waals surface area contributed by atoms with Crippen molar-refractivity contribution < 1.29 is 14.4 Å². The number of rotatable bonds is 6. The third-order valence-corrected chi connectivity index (χ3v) is 4.67. The van der Waals surface area contributed by atoms with Crippen molar-refractivity contribution >= 4 is 52.3 Å². The lowest BCUT2D eigenvalue weighted by Gasteiger charge is -2.09. The number of nitrogens with one attached hydrogen (secondary N) is 3. The molecule has 3 N–H and O–H groups in total. The molecular formula is C23H19Cl2N3O3. The van der Waals surface area contributed by atoms with E-state index in [0.29, 0.717) is 39.1 Å². The standard InChI is InChI=1S/C23H19Cl2N3O3/c1-14(29)27-21-4-2-3-15(9-21)13-26-22(30)16-5-7-20(8-6-16)28-23(31)17-10-18(24)12-19(25)11-17/h2-12H,13H2,1H3,(H,26,30)(H,27,29)(H,28,31). The smallest absolute Gasteiger partial charge is 0.255 e. The average molecular weight is 456 g/mol. The fourth-order valence-electron chi connectivity index (χ4n) is 2.84. The van der Waals surface area contributed by atoms with Crippen molar-refractivity contribution in [3.05, 3.63) is 93.5 Å². The predicted molar refractivity (Wildman–Crippen MR) is 123 cm³/mol. The van der Waals surface area contributed by atoms with Crippen molar-refractivity contribution in [2.24, 2.45) is 0 Å². The van der Waals surface area contributed by atoms with Crippen LogP contribution in [0.25, 0.3) is 0 Å². The van der Waals surface area contributed by atoms with Gasteiger partial charge in [0.1, 0.15) is 0 Å². The van der Waals surface area contributed by atoms with Crippen LogP contribution in [0.2, 0.25) is 10.0 Å². The highest BCUT2D eigenvalue weighted by Crippen LogP contribution is 2.20. The minimum absolute atomic E-state index is 0.160. The van der Waals surface area contributed by atoms with Crippen molar-refractivity contribution in [3.8, 4) is 0 Å². The first-order valence-corrected chi connectivity index (χ1v) is 10.1. The molecule has 0 aliphatic rings. The van der Waals surface area contributed by atoms with E-state index in [-0.39, 0.29) is 17.7 Å². The van der Waals surface area contributed by atoms with Crippen molar-refractivity contribution in [1.82, 2.24) is 5.32 Å². The van der Waals surface area contributed by atoms with Gasteiger partial charge in [0, 0.05) is 46.0 Å². The Balaban J connectivity index is 1.59. The molecule has 8 heteroatoms. The number of hydrogen-bond donors (Lipinski definition) is 3. The quantitative estimate of drug-likeness (QED) is 0.481. The van der Waals surface area contributed by atoms with Gasteiger partial charge in [-0.15, -0.1) is 0 Å². The van der Waals surface area contributed by atoms with Gasteiger partial charge in [-0.05, 0) is 60.2 Å². The maximum Gasteiger partial charge on any atom is 0.255 e. The highest BCUT2D eigenvalue weighted by molar-refractivity contribution is 6.35. The van der Waals surface area contributed by atoms with Crippen LogP contribution in [0.4, 0.5) is 11.4 Å². The first kappa shape index (κ1) is 22.3. The zero-order chi connectivity index (χ0) is 22.4. The first-order valence-electron chi connectivity index (χ1n) is 9.32. The van der Waals surface area contributed by atoms with Crippen molar-refractivity contribution in [1.29, 1.82) is 0 Å². The molecule has 0 aliphatic carbocycles. The van der Waals surface area contributed by atoms with Gasteiger partial charge >= 0.3 is 0 Å². The number of benzene rings is 3. The second-order valence-corrected chi connectivity index (χ2v) is 7.63. The summed E-state index contributed by atoms with van der Waals surface area (Å²) < 4.78 is 0. The molecule has 158 valence electrons. The molecule has 0 fully saturated rings. The summed E-state index contributed by atoms with van der Waals surface area (Å²) in [6.07, 6.45) is 0. The second-order valence-electron chi connectivity index (χ2n) is 6.75. The molecule has 0 bridgehead atoms. The fourth-order valence-corrected chi connectivity index (χ4v) is 3.37. The number of anilines is 2. The highest BCUT2D eigenvalue weighted by Gasteiger charge is 2.10. The van der Waals surface area contributed by atoms with E-state index < -0.39 is 0 Å². The number of hydrogen-bond acceptors (Lipinski definition) is 3. The monoisotopic (exact) mass is 455 g/mol. The van der Waals surface area contributed by atoms with E-state index in [0.717, 1.165) is 5.56 Å². The number of amides is 3. The molecule has 0 spiro atoms. The van der Waals surface area contributed by atoms with Crippen LogP contribution in [0.5, 0.6) is 0 Å². The summed E-state index contributed by atoms with van der Waals surface area (Å²) in [5, 5.41) is 9.00.